The molecule has 0 spiro atoms. The SMILES string of the molecule is CN(C[C@@]1(O)CCCN(c2ccc(F)cn2)C1)C(=O)C1CCCC1. The van der Waals surface area contributed by atoms with E-state index < -0.39 is 5.60 Å². The molecule has 24 heavy (non-hydrogen) atoms. The molecule has 3 rings (SSSR count). The van der Waals surface area contributed by atoms with Crippen LogP contribution in [0.25, 0.3) is 0 Å². The van der Waals surface area contributed by atoms with Crippen LogP contribution < -0.4 is 4.90 Å². The maximum absolute atomic E-state index is 13.0. The van der Waals surface area contributed by atoms with Crippen LogP contribution in [0.2, 0.25) is 0 Å². The first-order valence-electron chi connectivity index (χ1n) is 8.81. The fourth-order valence-electron chi connectivity index (χ4n) is 4.00. The van der Waals surface area contributed by atoms with Gasteiger partial charge in [0.25, 0.3) is 0 Å². The van der Waals surface area contributed by atoms with Crippen molar-refractivity contribution in [3.05, 3.63) is 24.1 Å². The van der Waals surface area contributed by atoms with E-state index in [0.29, 0.717) is 25.3 Å². The number of aromatic nitrogens is 1. The van der Waals surface area contributed by atoms with Crippen molar-refractivity contribution in [2.24, 2.45) is 5.92 Å². The van der Waals surface area contributed by atoms with Gasteiger partial charge in [-0.05, 0) is 37.8 Å². The van der Waals surface area contributed by atoms with Crippen molar-refractivity contribution in [3.63, 3.8) is 0 Å². The monoisotopic (exact) mass is 335 g/mol. The molecule has 0 bridgehead atoms. The Kier molecular flexibility index (Phi) is 5.04. The van der Waals surface area contributed by atoms with E-state index in [2.05, 4.69) is 4.98 Å². The summed E-state index contributed by atoms with van der Waals surface area (Å²) in [4.78, 5) is 20.3. The number of piperidine rings is 1. The molecule has 2 fully saturated rings. The first-order chi connectivity index (χ1) is 11.5. The van der Waals surface area contributed by atoms with Crippen LogP contribution in [-0.2, 0) is 4.79 Å². The Balaban J connectivity index is 1.63. The van der Waals surface area contributed by atoms with Crippen LogP contribution in [0.15, 0.2) is 18.3 Å². The number of rotatable bonds is 4. The molecule has 5 nitrogen and oxygen atoms in total. The molecule has 1 N–H and O–H groups in total. The van der Waals surface area contributed by atoms with Gasteiger partial charge in [0.15, 0.2) is 0 Å². The predicted octanol–water partition coefficient (Wildman–Crippen LogP) is 2.20. The standard InChI is InChI=1S/C18H26FN3O2/c1-21(17(23)14-5-2-3-6-14)12-18(24)9-4-10-22(13-18)16-8-7-15(19)11-20-16/h7-8,11,14,24H,2-6,9-10,12-13H2,1H3/t18-/m0/s1. The largest absolute Gasteiger partial charge is 0.386 e. The molecule has 1 saturated heterocycles. The molecule has 1 aromatic rings. The van der Waals surface area contributed by atoms with E-state index in [0.717, 1.165) is 38.6 Å². The number of carbonyl (C=O) groups excluding carboxylic acids is 1. The summed E-state index contributed by atoms with van der Waals surface area (Å²) in [5, 5.41) is 11.0. The van der Waals surface area contributed by atoms with Crippen molar-refractivity contribution in [3.8, 4) is 0 Å². The number of hydrogen-bond acceptors (Lipinski definition) is 4. The molecule has 2 heterocycles. The van der Waals surface area contributed by atoms with Crippen molar-refractivity contribution in [2.75, 3.05) is 31.6 Å². The second kappa shape index (κ2) is 7.05. The van der Waals surface area contributed by atoms with Crippen LogP contribution >= 0.6 is 0 Å². The number of hydrogen-bond donors (Lipinski definition) is 1. The summed E-state index contributed by atoms with van der Waals surface area (Å²) >= 11 is 0. The molecular formula is C18H26FN3O2. The third kappa shape index (κ3) is 3.86. The van der Waals surface area contributed by atoms with Crippen LogP contribution in [0.4, 0.5) is 10.2 Å². The molecule has 132 valence electrons. The molecule has 6 heteroatoms. The van der Waals surface area contributed by atoms with Gasteiger partial charge in [0.2, 0.25) is 5.91 Å². The lowest BCUT2D eigenvalue weighted by Crippen LogP contribution is -2.55. The lowest BCUT2D eigenvalue weighted by molar-refractivity contribution is -0.137. The topological polar surface area (TPSA) is 56.7 Å². The second-order valence-electron chi connectivity index (χ2n) is 7.26. The first kappa shape index (κ1) is 17.1. The highest BCUT2D eigenvalue weighted by molar-refractivity contribution is 5.78. The number of amides is 1. The average Bonchev–Trinajstić information content (AvgIpc) is 3.08. The fraction of sp³-hybridized carbons (Fsp3) is 0.667. The Hall–Kier alpha value is -1.69. The fourth-order valence-corrected chi connectivity index (χ4v) is 4.00. The zero-order chi connectivity index (χ0) is 17.2. The minimum Gasteiger partial charge on any atom is -0.386 e. The minimum atomic E-state index is -0.947. The van der Waals surface area contributed by atoms with Crippen LogP contribution in [0.1, 0.15) is 38.5 Å². The van der Waals surface area contributed by atoms with Gasteiger partial charge in [0, 0.05) is 26.1 Å². The molecule has 2 aliphatic rings. The molecule has 1 saturated carbocycles. The third-order valence-electron chi connectivity index (χ3n) is 5.20. The van der Waals surface area contributed by atoms with Crippen molar-refractivity contribution < 1.29 is 14.3 Å². The third-order valence-corrected chi connectivity index (χ3v) is 5.20. The van der Waals surface area contributed by atoms with Gasteiger partial charge in [-0.2, -0.15) is 0 Å². The number of nitrogens with zero attached hydrogens (tertiary/aromatic N) is 3. The van der Waals surface area contributed by atoms with E-state index in [-0.39, 0.29) is 17.6 Å². The van der Waals surface area contributed by atoms with Gasteiger partial charge in [-0.15, -0.1) is 0 Å². The normalized spacial score (nSPS) is 25.0. The summed E-state index contributed by atoms with van der Waals surface area (Å²) in [7, 11) is 1.79. The maximum Gasteiger partial charge on any atom is 0.225 e. The van der Waals surface area contributed by atoms with Gasteiger partial charge in [0.05, 0.1) is 18.3 Å². The van der Waals surface area contributed by atoms with Crippen molar-refractivity contribution in [2.45, 2.75) is 44.1 Å². The highest BCUT2D eigenvalue weighted by atomic mass is 19.1. The van der Waals surface area contributed by atoms with Gasteiger partial charge in [-0.3, -0.25) is 4.79 Å². The van der Waals surface area contributed by atoms with Gasteiger partial charge < -0.3 is 14.9 Å². The molecular weight excluding hydrogens is 309 g/mol. The Bertz CT molecular complexity index is 574. The summed E-state index contributed by atoms with van der Waals surface area (Å²) in [5.41, 5.74) is -0.947. The molecule has 1 amide bonds. The highest BCUT2D eigenvalue weighted by Crippen LogP contribution is 2.29. The summed E-state index contributed by atoms with van der Waals surface area (Å²) in [6, 6.07) is 3.01. The van der Waals surface area contributed by atoms with E-state index in [9.17, 15) is 14.3 Å². The van der Waals surface area contributed by atoms with Crippen LogP contribution in [0.5, 0.6) is 0 Å². The van der Waals surface area contributed by atoms with E-state index >= 15 is 0 Å². The molecule has 1 atom stereocenters. The number of halogens is 1. The smallest absolute Gasteiger partial charge is 0.225 e. The average molecular weight is 335 g/mol. The predicted molar refractivity (Wildman–Crippen MR) is 90.2 cm³/mol. The summed E-state index contributed by atoms with van der Waals surface area (Å²) in [6.07, 6.45) is 6.85. The highest BCUT2D eigenvalue weighted by Gasteiger charge is 2.37. The van der Waals surface area contributed by atoms with Crippen molar-refractivity contribution >= 4 is 11.7 Å². The number of likely N-dealkylation sites (N-methyl/N-ethyl adjacent to an activating group) is 1. The second-order valence-corrected chi connectivity index (χ2v) is 7.26. The minimum absolute atomic E-state index is 0.122. The van der Waals surface area contributed by atoms with Gasteiger partial charge >= 0.3 is 0 Å². The molecule has 0 aromatic carbocycles. The van der Waals surface area contributed by atoms with E-state index in [1.807, 2.05) is 4.90 Å². The zero-order valence-corrected chi connectivity index (χ0v) is 14.2. The number of β-amino-alcohol motifs (C(OH)–C–C–N with tert-alkyl or cyclic N) is 1. The van der Waals surface area contributed by atoms with E-state index in [1.165, 1.54) is 12.3 Å². The Labute approximate surface area is 142 Å². The molecule has 1 aliphatic carbocycles. The van der Waals surface area contributed by atoms with Crippen LogP contribution in [0, 0.1) is 11.7 Å². The van der Waals surface area contributed by atoms with Gasteiger partial charge in [0.1, 0.15) is 11.6 Å². The number of carbonyl (C=O) groups is 1. The van der Waals surface area contributed by atoms with Gasteiger partial charge in [-0.1, -0.05) is 12.8 Å². The molecule has 0 unspecified atom stereocenters. The summed E-state index contributed by atoms with van der Waals surface area (Å²) in [5.74, 6) is 0.572. The molecule has 1 aromatic heterocycles. The van der Waals surface area contributed by atoms with Gasteiger partial charge in [-0.25, -0.2) is 9.37 Å². The maximum atomic E-state index is 13.0. The van der Waals surface area contributed by atoms with Crippen LogP contribution in [-0.4, -0.2) is 53.2 Å². The Morgan fingerprint density at radius 1 is 1.42 bits per heavy atom. The Morgan fingerprint density at radius 3 is 2.83 bits per heavy atom. The molecule has 0 radical (unpaired) electrons. The Morgan fingerprint density at radius 2 is 2.17 bits per heavy atom. The van der Waals surface area contributed by atoms with Crippen molar-refractivity contribution in [1.29, 1.82) is 0 Å². The summed E-state index contributed by atoms with van der Waals surface area (Å²) < 4.78 is 13.0. The molecule has 1 aliphatic heterocycles. The van der Waals surface area contributed by atoms with Crippen LogP contribution in [0.3, 0.4) is 0 Å². The zero-order valence-electron chi connectivity index (χ0n) is 14.2. The van der Waals surface area contributed by atoms with E-state index in [1.54, 1.807) is 18.0 Å². The summed E-state index contributed by atoms with van der Waals surface area (Å²) in [6.45, 7) is 1.52. The number of anilines is 1. The number of aliphatic hydroxyl groups is 1. The first-order valence-corrected chi connectivity index (χ1v) is 8.81. The number of pyridine rings is 1. The van der Waals surface area contributed by atoms with Crippen molar-refractivity contribution in [1.82, 2.24) is 9.88 Å². The lowest BCUT2D eigenvalue weighted by atomic mass is 9.91. The van der Waals surface area contributed by atoms with E-state index in [4.69, 9.17) is 0 Å². The lowest BCUT2D eigenvalue weighted by Gasteiger charge is -2.42. The quantitative estimate of drug-likeness (QED) is 0.916.